The molecule has 0 amide bonds. The molecule has 2 saturated carbocycles. The highest BCUT2D eigenvalue weighted by Gasteiger charge is 2.72. The van der Waals surface area contributed by atoms with Gasteiger partial charge in [-0.3, -0.25) is 4.79 Å². The first kappa shape index (κ1) is 16.6. The minimum atomic E-state index is -0.618. The third kappa shape index (κ3) is 2.28. The standard InChI is InChI=1S/C19H28O5/c1-6-21-16-10(2)13-14-12(18(14,4)5)7-8-19(9-22-19)15(13)17(24-16)23-11(3)20/h12-17H,2,6-9H2,1,3-5H3. The molecule has 5 nitrogen and oxygen atoms in total. The highest BCUT2D eigenvalue weighted by Crippen LogP contribution is 2.72. The SMILES string of the molecule is C=C1C(OCC)OC(OC(C)=O)C2C1C1C(CCC23CO3)C1(C)C. The second-order valence-electron chi connectivity index (χ2n) is 8.37. The van der Waals surface area contributed by atoms with E-state index in [4.69, 9.17) is 18.9 Å². The molecule has 2 saturated heterocycles. The van der Waals surface area contributed by atoms with Crippen molar-refractivity contribution in [2.45, 2.75) is 58.7 Å². The summed E-state index contributed by atoms with van der Waals surface area (Å²) in [6, 6.07) is 0. The molecule has 2 aliphatic carbocycles. The predicted molar refractivity (Wildman–Crippen MR) is 86.9 cm³/mol. The van der Waals surface area contributed by atoms with E-state index in [0.717, 1.165) is 25.0 Å². The minimum Gasteiger partial charge on any atom is -0.435 e. The predicted octanol–water partition coefficient (Wildman–Crippen LogP) is 2.89. The number of hydrogen-bond donors (Lipinski definition) is 0. The van der Waals surface area contributed by atoms with Crippen LogP contribution in [0.2, 0.25) is 0 Å². The van der Waals surface area contributed by atoms with Crippen LogP contribution in [0.25, 0.3) is 0 Å². The molecule has 7 atom stereocenters. The molecule has 134 valence electrons. The molecule has 0 aromatic carbocycles. The number of fused-ring (bicyclic) bond motifs is 4. The van der Waals surface area contributed by atoms with Crippen LogP contribution in [0.1, 0.15) is 40.5 Å². The third-order valence-electron chi connectivity index (χ3n) is 6.80. The summed E-state index contributed by atoms with van der Waals surface area (Å²) in [5.41, 5.74) is 1.06. The molecule has 4 rings (SSSR count). The van der Waals surface area contributed by atoms with Gasteiger partial charge in [0.05, 0.1) is 12.5 Å². The summed E-state index contributed by atoms with van der Waals surface area (Å²) in [4.78, 5) is 11.7. The highest BCUT2D eigenvalue weighted by molar-refractivity contribution is 5.66. The lowest BCUT2D eigenvalue weighted by Gasteiger charge is -2.45. The lowest BCUT2D eigenvalue weighted by Crippen LogP contribution is -2.52. The Morgan fingerprint density at radius 2 is 2.08 bits per heavy atom. The summed E-state index contributed by atoms with van der Waals surface area (Å²) in [6.07, 6.45) is 1.04. The van der Waals surface area contributed by atoms with Crippen molar-refractivity contribution in [1.82, 2.24) is 0 Å². The zero-order valence-electron chi connectivity index (χ0n) is 15.0. The molecular formula is C19H28O5. The zero-order chi connectivity index (χ0) is 17.3. The van der Waals surface area contributed by atoms with Gasteiger partial charge in [0.2, 0.25) is 6.29 Å². The summed E-state index contributed by atoms with van der Waals surface area (Å²) in [7, 11) is 0. The summed E-state index contributed by atoms with van der Waals surface area (Å²) >= 11 is 0. The van der Waals surface area contributed by atoms with Crippen molar-refractivity contribution in [2.24, 2.45) is 29.1 Å². The van der Waals surface area contributed by atoms with Gasteiger partial charge in [-0.25, -0.2) is 0 Å². The van der Waals surface area contributed by atoms with Crippen LogP contribution in [0.4, 0.5) is 0 Å². The van der Waals surface area contributed by atoms with E-state index in [1.807, 2.05) is 6.92 Å². The van der Waals surface area contributed by atoms with E-state index in [-0.39, 0.29) is 28.8 Å². The van der Waals surface area contributed by atoms with Gasteiger partial charge < -0.3 is 18.9 Å². The smallest absolute Gasteiger partial charge is 0.304 e. The van der Waals surface area contributed by atoms with Crippen LogP contribution < -0.4 is 0 Å². The van der Waals surface area contributed by atoms with Gasteiger partial charge in [0.15, 0.2) is 6.29 Å². The van der Waals surface area contributed by atoms with Crippen molar-refractivity contribution in [3.05, 3.63) is 12.2 Å². The van der Waals surface area contributed by atoms with Gasteiger partial charge in [-0.2, -0.15) is 0 Å². The molecule has 0 N–H and O–H groups in total. The Morgan fingerprint density at radius 1 is 1.38 bits per heavy atom. The van der Waals surface area contributed by atoms with Crippen molar-refractivity contribution in [3.63, 3.8) is 0 Å². The normalized spacial score (nSPS) is 48.2. The molecule has 4 fully saturated rings. The molecule has 2 aliphatic heterocycles. The molecule has 4 aliphatic rings. The van der Waals surface area contributed by atoms with Crippen LogP contribution in [0.5, 0.6) is 0 Å². The first-order valence-electron chi connectivity index (χ1n) is 9.09. The Balaban J connectivity index is 1.72. The van der Waals surface area contributed by atoms with Gasteiger partial charge >= 0.3 is 5.97 Å². The molecule has 1 spiro atoms. The molecule has 24 heavy (non-hydrogen) atoms. The number of carbonyl (C=O) groups excluding carboxylic acids is 1. The fourth-order valence-corrected chi connectivity index (χ4v) is 5.49. The van der Waals surface area contributed by atoms with Gasteiger partial charge in [0.25, 0.3) is 0 Å². The summed E-state index contributed by atoms with van der Waals surface area (Å²) in [5, 5.41) is 0. The Bertz CT molecular complexity index is 564. The molecular weight excluding hydrogens is 308 g/mol. The fourth-order valence-electron chi connectivity index (χ4n) is 5.49. The Hall–Kier alpha value is -0.910. The molecule has 0 radical (unpaired) electrons. The monoisotopic (exact) mass is 336 g/mol. The van der Waals surface area contributed by atoms with Gasteiger partial charge in [0, 0.05) is 13.5 Å². The van der Waals surface area contributed by atoms with Gasteiger partial charge in [0.1, 0.15) is 5.60 Å². The van der Waals surface area contributed by atoms with E-state index in [2.05, 4.69) is 20.4 Å². The number of carbonyl (C=O) groups is 1. The summed E-state index contributed by atoms with van der Waals surface area (Å²) in [5.74, 6) is 1.10. The number of hydrogen-bond acceptors (Lipinski definition) is 5. The second-order valence-corrected chi connectivity index (χ2v) is 8.37. The van der Waals surface area contributed by atoms with Gasteiger partial charge in [-0.05, 0) is 48.5 Å². The maximum absolute atomic E-state index is 11.7. The lowest BCUT2D eigenvalue weighted by molar-refractivity contribution is -0.276. The molecule has 0 bridgehead atoms. The number of rotatable bonds is 3. The van der Waals surface area contributed by atoms with Crippen molar-refractivity contribution >= 4 is 5.97 Å². The Labute approximate surface area is 143 Å². The number of ether oxygens (including phenoxy) is 4. The number of esters is 1. The molecule has 7 unspecified atom stereocenters. The fraction of sp³-hybridized carbons (Fsp3) is 0.842. The van der Waals surface area contributed by atoms with Crippen LogP contribution in [0, 0.1) is 29.1 Å². The molecule has 0 aromatic heterocycles. The molecule has 2 heterocycles. The Morgan fingerprint density at radius 3 is 2.67 bits per heavy atom. The number of epoxide rings is 1. The van der Waals surface area contributed by atoms with Crippen LogP contribution >= 0.6 is 0 Å². The van der Waals surface area contributed by atoms with Crippen molar-refractivity contribution < 1.29 is 23.7 Å². The van der Waals surface area contributed by atoms with Crippen LogP contribution in [0.15, 0.2) is 12.2 Å². The van der Waals surface area contributed by atoms with Crippen LogP contribution in [0.3, 0.4) is 0 Å². The quantitative estimate of drug-likeness (QED) is 0.451. The molecule has 5 heteroatoms. The van der Waals surface area contributed by atoms with Crippen LogP contribution in [-0.2, 0) is 23.7 Å². The maximum atomic E-state index is 11.7. The molecule has 0 aromatic rings. The first-order valence-corrected chi connectivity index (χ1v) is 9.09. The highest BCUT2D eigenvalue weighted by atomic mass is 16.8. The Kier molecular flexibility index (Phi) is 3.65. The average molecular weight is 336 g/mol. The van der Waals surface area contributed by atoms with Crippen molar-refractivity contribution in [1.29, 1.82) is 0 Å². The maximum Gasteiger partial charge on any atom is 0.304 e. The summed E-state index contributed by atoms with van der Waals surface area (Å²) in [6.45, 7) is 13.6. The van der Waals surface area contributed by atoms with E-state index in [0.29, 0.717) is 18.4 Å². The topological polar surface area (TPSA) is 57.3 Å². The van der Waals surface area contributed by atoms with E-state index >= 15 is 0 Å². The second kappa shape index (κ2) is 5.29. The van der Waals surface area contributed by atoms with Gasteiger partial charge in [-0.1, -0.05) is 20.4 Å². The van der Waals surface area contributed by atoms with Crippen molar-refractivity contribution in [2.75, 3.05) is 13.2 Å². The zero-order valence-corrected chi connectivity index (χ0v) is 15.0. The first-order chi connectivity index (χ1) is 11.3. The van der Waals surface area contributed by atoms with E-state index < -0.39 is 12.6 Å². The van der Waals surface area contributed by atoms with Crippen molar-refractivity contribution in [3.8, 4) is 0 Å². The van der Waals surface area contributed by atoms with E-state index in [1.54, 1.807) is 0 Å². The minimum absolute atomic E-state index is 0.0161. The van der Waals surface area contributed by atoms with Crippen LogP contribution in [-0.4, -0.2) is 37.4 Å². The van der Waals surface area contributed by atoms with Gasteiger partial charge in [-0.15, -0.1) is 0 Å². The largest absolute Gasteiger partial charge is 0.435 e. The lowest BCUT2D eigenvalue weighted by atomic mass is 9.71. The van der Waals surface area contributed by atoms with E-state index in [9.17, 15) is 4.79 Å². The average Bonchev–Trinajstić information content (AvgIpc) is 3.37. The summed E-state index contributed by atoms with van der Waals surface area (Å²) < 4.78 is 23.3. The third-order valence-corrected chi connectivity index (χ3v) is 6.80. The van der Waals surface area contributed by atoms with E-state index in [1.165, 1.54) is 6.92 Å².